The van der Waals surface area contributed by atoms with E-state index in [1.54, 1.807) is 20.3 Å². The van der Waals surface area contributed by atoms with Crippen molar-refractivity contribution in [1.82, 2.24) is 5.32 Å². The quantitative estimate of drug-likeness (QED) is 0.507. The van der Waals surface area contributed by atoms with Crippen molar-refractivity contribution in [2.24, 2.45) is 0 Å². The molecule has 1 amide bonds. The van der Waals surface area contributed by atoms with Crippen LogP contribution in [0.25, 0.3) is 0 Å². The average Bonchev–Trinajstić information content (AvgIpc) is 2.74. The van der Waals surface area contributed by atoms with E-state index in [1.165, 1.54) is 19.2 Å². The predicted octanol–water partition coefficient (Wildman–Crippen LogP) is 2.88. The van der Waals surface area contributed by atoms with Crippen LogP contribution in [0.5, 0.6) is 17.2 Å². The van der Waals surface area contributed by atoms with Gasteiger partial charge in [-0.1, -0.05) is 17.7 Å². The van der Waals surface area contributed by atoms with Gasteiger partial charge in [0.15, 0.2) is 11.5 Å². The lowest BCUT2D eigenvalue weighted by atomic mass is 10.1. The number of sulfonamides is 1. The number of hydrogen-bond acceptors (Lipinski definition) is 6. The van der Waals surface area contributed by atoms with Crippen LogP contribution >= 0.6 is 11.6 Å². The van der Waals surface area contributed by atoms with Gasteiger partial charge in [0, 0.05) is 6.54 Å². The van der Waals surface area contributed by atoms with Crippen molar-refractivity contribution in [2.45, 2.75) is 12.8 Å². The molecule has 0 saturated carbocycles. The molecule has 31 heavy (non-hydrogen) atoms. The highest BCUT2D eigenvalue weighted by molar-refractivity contribution is 7.92. The predicted molar refractivity (Wildman–Crippen MR) is 121 cm³/mol. The van der Waals surface area contributed by atoms with Crippen LogP contribution < -0.4 is 23.8 Å². The summed E-state index contributed by atoms with van der Waals surface area (Å²) in [5, 5.41) is 3.01. The maximum Gasteiger partial charge on any atom is 0.240 e. The number of rotatable bonds is 11. The average molecular weight is 471 g/mol. The first-order valence-corrected chi connectivity index (χ1v) is 11.7. The number of carbonyl (C=O) groups is 1. The van der Waals surface area contributed by atoms with Gasteiger partial charge >= 0.3 is 0 Å². The minimum absolute atomic E-state index is 0.254. The number of benzene rings is 2. The SMILES string of the molecule is COc1ccc(N(CC(=O)NCCCc2ccc(OC)c(OC)c2)S(C)(=O)=O)cc1Cl. The maximum absolute atomic E-state index is 12.4. The van der Waals surface area contributed by atoms with Gasteiger partial charge in [0.2, 0.25) is 15.9 Å². The van der Waals surface area contributed by atoms with Crippen LogP contribution in [0.2, 0.25) is 5.02 Å². The van der Waals surface area contributed by atoms with Crippen LogP contribution in [0.15, 0.2) is 36.4 Å². The summed E-state index contributed by atoms with van der Waals surface area (Å²) in [6, 6.07) is 10.2. The van der Waals surface area contributed by atoms with E-state index < -0.39 is 15.9 Å². The highest BCUT2D eigenvalue weighted by Gasteiger charge is 2.21. The molecular formula is C21H27ClN2O6S. The largest absolute Gasteiger partial charge is 0.495 e. The third-order valence-corrected chi connectivity index (χ3v) is 5.96. The molecule has 10 heteroatoms. The van der Waals surface area contributed by atoms with Gasteiger partial charge in [-0.05, 0) is 48.7 Å². The topological polar surface area (TPSA) is 94.2 Å². The zero-order chi connectivity index (χ0) is 23.0. The fraction of sp³-hybridized carbons (Fsp3) is 0.381. The first-order valence-electron chi connectivity index (χ1n) is 9.48. The molecule has 0 aliphatic heterocycles. The second-order valence-electron chi connectivity index (χ2n) is 6.73. The second kappa shape index (κ2) is 11.1. The van der Waals surface area contributed by atoms with Crippen molar-refractivity contribution in [3.63, 3.8) is 0 Å². The number of amides is 1. The number of nitrogens with one attached hydrogen (secondary N) is 1. The van der Waals surface area contributed by atoms with Gasteiger partial charge < -0.3 is 19.5 Å². The molecule has 2 rings (SSSR count). The maximum atomic E-state index is 12.4. The Morgan fingerprint density at radius 1 is 1.00 bits per heavy atom. The fourth-order valence-electron chi connectivity index (χ4n) is 2.95. The molecule has 8 nitrogen and oxygen atoms in total. The van der Waals surface area contributed by atoms with E-state index in [1.807, 2.05) is 18.2 Å². The molecule has 0 heterocycles. The van der Waals surface area contributed by atoms with Gasteiger partial charge in [-0.2, -0.15) is 0 Å². The third-order valence-electron chi connectivity index (χ3n) is 4.52. The zero-order valence-electron chi connectivity index (χ0n) is 18.0. The summed E-state index contributed by atoms with van der Waals surface area (Å²) in [4.78, 5) is 12.4. The molecule has 1 N–H and O–H groups in total. The molecule has 2 aromatic carbocycles. The Morgan fingerprint density at radius 3 is 2.23 bits per heavy atom. The number of anilines is 1. The molecule has 0 atom stereocenters. The van der Waals surface area contributed by atoms with E-state index in [0.29, 0.717) is 36.6 Å². The van der Waals surface area contributed by atoms with Crippen molar-refractivity contribution in [3.8, 4) is 17.2 Å². The molecule has 0 fully saturated rings. The van der Waals surface area contributed by atoms with Gasteiger partial charge in [0.1, 0.15) is 12.3 Å². The van der Waals surface area contributed by atoms with Crippen LogP contribution in [0.1, 0.15) is 12.0 Å². The van der Waals surface area contributed by atoms with Crippen LogP contribution in [0, 0.1) is 0 Å². The van der Waals surface area contributed by atoms with Gasteiger partial charge in [0.25, 0.3) is 0 Å². The lowest BCUT2D eigenvalue weighted by Gasteiger charge is -2.22. The minimum atomic E-state index is -3.69. The number of carbonyl (C=O) groups excluding carboxylic acids is 1. The first kappa shape index (κ1) is 24.6. The summed E-state index contributed by atoms with van der Waals surface area (Å²) in [7, 11) is 0.924. The summed E-state index contributed by atoms with van der Waals surface area (Å²) in [5.74, 6) is 1.30. The summed E-state index contributed by atoms with van der Waals surface area (Å²) < 4.78 is 41.0. The van der Waals surface area contributed by atoms with E-state index in [0.717, 1.165) is 16.1 Å². The molecule has 0 aliphatic rings. The normalized spacial score (nSPS) is 11.0. The van der Waals surface area contributed by atoms with Gasteiger partial charge in [-0.25, -0.2) is 8.42 Å². The Kier molecular flexibility index (Phi) is 8.82. The Labute approximate surface area is 188 Å². The van der Waals surface area contributed by atoms with E-state index in [4.69, 9.17) is 25.8 Å². The van der Waals surface area contributed by atoms with E-state index >= 15 is 0 Å². The van der Waals surface area contributed by atoms with Crippen molar-refractivity contribution in [3.05, 3.63) is 47.0 Å². The van der Waals surface area contributed by atoms with Crippen molar-refractivity contribution >= 4 is 33.2 Å². The Bertz CT molecular complexity index is 1010. The summed E-state index contributed by atoms with van der Waals surface area (Å²) in [6.07, 6.45) is 2.43. The third kappa shape index (κ3) is 6.93. The highest BCUT2D eigenvalue weighted by atomic mass is 35.5. The number of ether oxygens (including phenoxy) is 3. The molecule has 0 spiro atoms. The van der Waals surface area contributed by atoms with Crippen LogP contribution in [0.4, 0.5) is 5.69 Å². The molecule has 0 saturated heterocycles. The zero-order valence-corrected chi connectivity index (χ0v) is 19.5. The summed E-state index contributed by atoms with van der Waals surface area (Å²) in [6.45, 7) is 0.0476. The fourth-order valence-corrected chi connectivity index (χ4v) is 4.05. The van der Waals surface area contributed by atoms with Gasteiger partial charge in [-0.15, -0.1) is 0 Å². The van der Waals surface area contributed by atoms with Crippen LogP contribution in [0.3, 0.4) is 0 Å². The molecule has 0 aliphatic carbocycles. The van der Waals surface area contributed by atoms with E-state index in [-0.39, 0.29) is 17.3 Å². The van der Waals surface area contributed by atoms with Crippen LogP contribution in [-0.2, 0) is 21.2 Å². The Hall–Kier alpha value is -2.65. The number of nitrogens with zero attached hydrogens (tertiary/aromatic N) is 1. The Balaban J connectivity index is 1.94. The van der Waals surface area contributed by atoms with Crippen molar-refractivity contribution < 1.29 is 27.4 Å². The summed E-state index contributed by atoms with van der Waals surface area (Å²) >= 11 is 6.10. The molecule has 0 aromatic heterocycles. The molecular weight excluding hydrogens is 444 g/mol. The summed E-state index contributed by atoms with van der Waals surface area (Å²) in [5.41, 5.74) is 1.33. The Morgan fingerprint density at radius 2 is 1.65 bits per heavy atom. The van der Waals surface area contributed by atoms with Gasteiger partial charge in [0.05, 0.1) is 38.3 Å². The number of aryl methyl sites for hydroxylation is 1. The number of methoxy groups -OCH3 is 3. The van der Waals surface area contributed by atoms with Crippen LogP contribution in [-0.4, -0.2) is 55.0 Å². The number of halogens is 1. The van der Waals surface area contributed by atoms with E-state index in [9.17, 15) is 13.2 Å². The molecule has 0 bridgehead atoms. The highest BCUT2D eigenvalue weighted by Crippen LogP contribution is 2.30. The molecule has 170 valence electrons. The van der Waals surface area contributed by atoms with E-state index in [2.05, 4.69) is 5.32 Å². The molecule has 2 aromatic rings. The standard InChI is InChI=1S/C21H27ClN2O6S/c1-28-18-10-8-16(13-17(18)22)24(31(4,26)27)14-21(25)23-11-5-6-15-7-9-19(29-2)20(12-15)30-3/h7-10,12-13H,5-6,11,14H2,1-4H3,(H,23,25). The first-order chi connectivity index (χ1) is 14.7. The number of hydrogen-bond donors (Lipinski definition) is 1. The lowest BCUT2D eigenvalue weighted by molar-refractivity contribution is -0.119. The van der Waals surface area contributed by atoms with Crippen molar-refractivity contribution in [2.75, 3.05) is 45.0 Å². The lowest BCUT2D eigenvalue weighted by Crippen LogP contribution is -2.40. The minimum Gasteiger partial charge on any atom is -0.495 e. The molecule has 0 radical (unpaired) electrons. The smallest absolute Gasteiger partial charge is 0.240 e. The molecule has 0 unspecified atom stereocenters. The van der Waals surface area contributed by atoms with Crippen molar-refractivity contribution in [1.29, 1.82) is 0 Å². The monoisotopic (exact) mass is 470 g/mol. The van der Waals surface area contributed by atoms with Gasteiger partial charge in [-0.3, -0.25) is 9.10 Å². The second-order valence-corrected chi connectivity index (χ2v) is 9.05.